The Balaban J connectivity index is 2.92. The van der Waals surface area contributed by atoms with Gasteiger partial charge in [0.25, 0.3) is 0 Å². The zero-order chi connectivity index (χ0) is 13.7. The maximum Gasteiger partial charge on any atom is 0.249 e. The van der Waals surface area contributed by atoms with Crippen molar-refractivity contribution in [3.05, 3.63) is 38.0 Å². The first-order valence-corrected chi connectivity index (χ1v) is 5.29. The van der Waals surface area contributed by atoms with Crippen LogP contribution in [0, 0.1) is 0 Å². The number of carbonyl (C=O) groups excluding carboxylic acids is 3. The number of amides is 2. The van der Waals surface area contributed by atoms with Crippen LogP contribution in [0.3, 0.4) is 0 Å². The molecule has 0 bridgehead atoms. The van der Waals surface area contributed by atoms with Gasteiger partial charge in [0.15, 0.2) is 5.78 Å². The number of nitrogens with zero attached hydrogens (tertiary/aromatic N) is 2. The molecular formula is C12H15N3O3. The zero-order valence-electron chi connectivity index (χ0n) is 9.96. The molecular weight excluding hydrogens is 234 g/mol. The molecule has 0 saturated carbocycles. The molecule has 1 rings (SSSR count). The van der Waals surface area contributed by atoms with Crippen molar-refractivity contribution in [1.29, 1.82) is 0 Å². The molecule has 1 saturated heterocycles. The second kappa shape index (κ2) is 5.92. The van der Waals surface area contributed by atoms with E-state index in [1.165, 1.54) is 9.80 Å². The molecule has 1 unspecified atom stereocenters. The van der Waals surface area contributed by atoms with Gasteiger partial charge in [-0.15, -0.1) is 0 Å². The highest BCUT2D eigenvalue weighted by Gasteiger charge is 2.33. The summed E-state index contributed by atoms with van der Waals surface area (Å²) in [6, 6.07) is 0. The Morgan fingerprint density at radius 3 is 2.17 bits per heavy atom. The molecule has 96 valence electrons. The number of carbonyl (C=O) groups is 3. The number of hydrogen-bond donors (Lipinski definition) is 1. The predicted molar refractivity (Wildman–Crippen MR) is 65.9 cm³/mol. The van der Waals surface area contributed by atoms with Crippen molar-refractivity contribution < 1.29 is 14.4 Å². The molecule has 6 nitrogen and oxygen atoms in total. The van der Waals surface area contributed by atoms with E-state index in [-0.39, 0.29) is 25.0 Å². The molecule has 0 aromatic carbocycles. The van der Waals surface area contributed by atoms with Crippen LogP contribution in [0.25, 0.3) is 0 Å². The second-order valence-electron chi connectivity index (χ2n) is 3.61. The summed E-state index contributed by atoms with van der Waals surface area (Å²) in [4.78, 5) is 37.3. The van der Waals surface area contributed by atoms with Crippen LogP contribution in [0.5, 0.6) is 0 Å². The molecule has 6 heteroatoms. The summed E-state index contributed by atoms with van der Waals surface area (Å²) < 4.78 is 0. The Hall–Kier alpha value is -2.21. The molecule has 18 heavy (non-hydrogen) atoms. The SMILES string of the molecule is C=CC(=O)C1NCN(C(=O)C=C)CN1C(=O)C=C. The van der Waals surface area contributed by atoms with Gasteiger partial charge < -0.3 is 4.90 Å². The Labute approximate surface area is 105 Å². The van der Waals surface area contributed by atoms with E-state index in [1.807, 2.05) is 0 Å². The quantitative estimate of drug-likeness (QED) is 0.689. The van der Waals surface area contributed by atoms with E-state index in [4.69, 9.17) is 0 Å². The smallest absolute Gasteiger partial charge is 0.249 e. The lowest BCUT2D eigenvalue weighted by molar-refractivity contribution is -0.147. The van der Waals surface area contributed by atoms with E-state index in [2.05, 4.69) is 25.1 Å². The van der Waals surface area contributed by atoms with E-state index < -0.39 is 12.1 Å². The van der Waals surface area contributed by atoms with Gasteiger partial charge in [0.2, 0.25) is 11.8 Å². The normalized spacial score (nSPS) is 19.0. The van der Waals surface area contributed by atoms with Gasteiger partial charge in [-0.3, -0.25) is 24.6 Å². The molecule has 1 atom stereocenters. The van der Waals surface area contributed by atoms with Gasteiger partial charge in [0.1, 0.15) is 6.17 Å². The number of ketones is 1. The van der Waals surface area contributed by atoms with Crippen LogP contribution < -0.4 is 5.32 Å². The lowest BCUT2D eigenvalue weighted by Crippen LogP contribution is -2.64. The first-order valence-electron chi connectivity index (χ1n) is 5.29. The van der Waals surface area contributed by atoms with Crippen molar-refractivity contribution in [3.8, 4) is 0 Å². The molecule has 0 aromatic rings. The molecule has 0 aromatic heterocycles. The molecule has 2 amide bonds. The van der Waals surface area contributed by atoms with E-state index in [0.717, 1.165) is 18.2 Å². The zero-order valence-corrected chi connectivity index (χ0v) is 9.96. The third-order valence-electron chi connectivity index (χ3n) is 2.52. The molecule has 1 aliphatic heterocycles. The van der Waals surface area contributed by atoms with Crippen LogP contribution in [0.15, 0.2) is 38.0 Å². The lowest BCUT2D eigenvalue weighted by atomic mass is 10.2. The monoisotopic (exact) mass is 249 g/mol. The number of nitrogens with one attached hydrogen (secondary N) is 1. The fraction of sp³-hybridized carbons (Fsp3) is 0.250. The third kappa shape index (κ3) is 2.72. The average molecular weight is 249 g/mol. The summed E-state index contributed by atoms with van der Waals surface area (Å²) in [6.45, 7) is 10.3. The third-order valence-corrected chi connectivity index (χ3v) is 2.52. The molecule has 0 radical (unpaired) electrons. The molecule has 1 heterocycles. The molecule has 1 N–H and O–H groups in total. The van der Waals surface area contributed by atoms with Gasteiger partial charge in [-0.1, -0.05) is 19.7 Å². The van der Waals surface area contributed by atoms with E-state index in [1.54, 1.807) is 0 Å². The van der Waals surface area contributed by atoms with Crippen molar-refractivity contribution in [2.24, 2.45) is 0 Å². The van der Waals surface area contributed by atoms with Gasteiger partial charge in [0, 0.05) is 0 Å². The topological polar surface area (TPSA) is 69.7 Å². The Morgan fingerprint density at radius 2 is 1.67 bits per heavy atom. The maximum absolute atomic E-state index is 11.7. The van der Waals surface area contributed by atoms with Crippen LogP contribution in [-0.4, -0.2) is 46.9 Å². The Morgan fingerprint density at radius 1 is 1.06 bits per heavy atom. The predicted octanol–water partition coefficient (Wildman–Crippen LogP) is -0.385. The fourth-order valence-corrected chi connectivity index (χ4v) is 1.58. The van der Waals surface area contributed by atoms with Crippen molar-refractivity contribution in [2.45, 2.75) is 6.17 Å². The van der Waals surface area contributed by atoms with E-state index in [0.29, 0.717) is 0 Å². The first kappa shape index (κ1) is 13.9. The van der Waals surface area contributed by atoms with Gasteiger partial charge in [-0.2, -0.15) is 0 Å². The lowest BCUT2D eigenvalue weighted by Gasteiger charge is -2.40. The number of hydrogen-bond acceptors (Lipinski definition) is 4. The summed E-state index contributed by atoms with van der Waals surface area (Å²) in [5, 5.41) is 2.79. The minimum atomic E-state index is -0.818. The van der Waals surface area contributed by atoms with Crippen molar-refractivity contribution in [3.63, 3.8) is 0 Å². The molecule has 1 aliphatic rings. The largest absolute Gasteiger partial charge is 0.308 e. The highest BCUT2D eigenvalue weighted by Crippen LogP contribution is 2.09. The van der Waals surface area contributed by atoms with E-state index in [9.17, 15) is 14.4 Å². The van der Waals surface area contributed by atoms with Crippen LogP contribution >= 0.6 is 0 Å². The molecule has 0 aliphatic carbocycles. The fourth-order valence-electron chi connectivity index (χ4n) is 1.58. The summed E-state index contributed by atoms with van der Waals surface area (Å²) in [5.74, 6) is -1.10. The van der Waals surface area contributed by atoms with Crippen LogP contribution in [0.4, 0.5) is 0 Å². The van der Waals surface area contributed by atoms with Crippen LogP contribution in [0.1, 0.15) is 0 Å². The van der Waals surface area contributed by atoms with Gasteiger partial charge in [-0.05, 0) is 18.2 Å². The summed E-state index contributed by atoms with van der Waals surface area (Å²) in [7, 11) is 0. The molecule has 0 spiro atoms. The Kier molecular flexibility index (Phi) is 4.56. The van der Waals surface area contributed by atoms with Crippen molar-refractivity contribution >= 4 is 17.6 Å². The average Bonchev–Trinajstić information content (AvgIpc) is 2.43. The summed E-state index contributed by atoms with van der Waals surface area (Å²) in [6.07, 6.45) is 2.55. The summed E-state index contributed by atoms with van der Waals surface area (Å²) in [5.41, 5.74) is 0. The van der Waals surface area contributed by atoms with Gasteiger partial charge in [-0.25, -0.2) is 0 Å². The minimum absolute atomic E-state index is 0.00690. The maximum atomic E-state index is 11.7. The highest BCUT2D eigenvalue weighted by molar-refractivity contribution is 5.98. The van der Waals surface area contributed by atoms with Crippen LogP contribution in [-0.2, 0) is 14.4 Å². The highest BCUT2D eigenvalue weighted by atomic mass is 16.2. The van der Waals surface area contributed by atoms with Gasteiger partial charge in [0.05, 0.1) is 13.3 Å². The van der Waals surface area contributed by atoms with E-state index >= 15 is 0 Å². The minimum Gasteiger partial charge on any atom is -0.308 e. The van der Waals surface area contributed by atoms with Crippen LogP contribution in [0.2, 0.25) is 0 Å². The first-order chi connectivity index (χ1) is 8.54. The molecule has 1 fully saturated rings. The summed E-state index contributed by atoms with van der Waals surface area (Å²) >= 11 is 0. The second-order valence-corrected chi connectivity index (χ2v) is 3.61. The van der Waals surface area contributed by atoms with Gasteiger partial charge >= 0.3 is 0 Å². The van der Waals surface area contributed by atoms with Crippen molar-refractivity contribution in [2.75, 3.05) is 13.3 Å². The number of rotatable bonds is 4. The Bertz CT molecular complexity index is 417. The standard InChI is InChI=1S/C12H15N3O3/c1-4-9(16)12-13-7-14(10(17)5-2)8-15(12)11(18)6-3/h4-6,12-13H,1-3,7-8H2. The van der Waals surface area contributed by atoms with Crippen molar-refractivity contribution in [1.82, 2.24) is 15.1 Å².